The quantitative estimate of drug-likeness (QED) is 0.864. The summed E-state index contributed by atoms with van der Waals surface area (Å²) in [5.74, 6) is 0. The van der Waals surface area contributed by atoms with Crippen LogP contribution in [-0.4, -0.2) is 37.2 Å². The average molecular weight is 234 g/mol. The highest BCUT2D eigenvalue weighted by Crippen LogP contribution is 2.07. The largest absolute Gasteiger partial charge is 0.445 e. The Morgan fingerprint density at radius 2 is 2.24 bits per heavy atom. The molecule has 0 unspecified atom stereocenters. The molecule has 17 heavy (non-hydrogen) atoms. The molecular weight excluding hydrogens is 216 g/mol. The minimum absolute atomic E-state index is 0.225. The van der Waals surface area contributed by atoms with Crippen molar-refractivity contribution in [2.45, 2.75) is 19.1 Å². The number of nitrogens with one attached hydrogen (secondary N) is 1. The molecule has 0 aromatic heterocycles. The number of nitrogens with zero attached hydrogens (tertiary/aromatic N) is 1. The Kier molecular flexibility index (Phi) is 3.98. The summed E-state index contributed by atoms with van der Waals surface area (Å²) in [6.45, 7) is 2.26. The Balaban J connectivity index is 1.71. The third-order valence-electron chi connectivity index (χ3n) is 2.93. The number of likely N-dealkylation sites (N-methyl/N-ethyl adjacent to an activating group) is 1. The second-order valence-corrected chi connectivity index (χ2v) is 4.45. The van der Waals surface area contributed by atoms with Crippen LogP contribution in [0.1, 0.15) is 12.0 Å². The number of likely N-dealkylation sites (tertiary alicyclic amines) is 1. The lowest BCUT2D eigenvalue weighted by molar-refractivity contribution is 0.136. The van der Waals surface area contributed by atoms with Crippen molar-refractivity contribution in [3.05, 3.63) is 35.9 Å². The first-order valence-corrected chi connectivity index (χ1v) is 5.90. The van der Waals surface area contributed by atoms with Gasteiger partial charge in [-0.05, 0) is 25.6 Å². The molecular formula is C13H18N2O2. The lowest BCUT2D eigenvalue weighted by atomic mass is 10.2. The van der Waals surface area contributed by atoms with Crippen molar-refractivity contribution in [3.63, 3.8) is 0 Å². The van der Waals surface area contributed by atoms with Crippen LogP contribution in [0.2, 0.25) is 0 Å². The normalized spacial score (nSPS) is 20.2. The molecule has 1 fully saturated rings. The van der Waals surface area contributed by atoms with E-state index in [1.54, 1.807) is 0 Å². The van der Waals surface area contributed by atoms with Gasteiger partial charge in [-0.1, -0.05) is 30.3 Å². The number of rotatable bonds is 3. The summed E-state index contributed by atoms with van der Waals surface area (Å²) in [6, 6.07) is 9.92. The summed E-state index contributed by atoms with van der Waals surface area (Å²) in [4.78, 5) is 13.7. The molecule has 0 radical (unpaired) electrons. The van der Waals surface area contributed by atoms with Gasteiger partial charge >= 0.3 is 6.09 Å². The molecule has 1 N–H and O–H groups in total. The minimum atomic E-state index is -0.325. The van der Waals surface area contributed by atoms with E-state index in [0.29, 0.717) is 6.61 Å². The smallest absolute Gasteiger partial charge is 0.407 e. The van der Waals surface area contributed by atoms with E-state index in [1.807, 2.05) is 30.3 Å². The van der Waals surface area contributed by atoms with Gasteiger partial charge in [-0.25, -0.2) is 4.79 Å². The summed E-state index contributed by atoms with van der Waals surface area (Å²) in [5.41, 5.74) is 1.01. The molecule has 2 rings (SSSR count). The molecule has 0 bridgehead atoms. The van der Waals surface area contributed by atoms with E-state index in [4.69, 9.17) is 4.74 Å². The zero-order chi connectivity index (χ0) is 12.1. The van der Waals surface area contributed by atoms with Gasteiger partial charge < -0.3 is 15.0 Å². The van der Waals surface area contributed by atoms with Gasteiger partial charge in [-0.3, -0.25) is 0 Å². The van der Waals surface area contributed by atoms with E-state index >= 15 is 0 Å². The van der Waals surface area contributed by atoms with Crippen LogP contribution in [0.3, 0.4) is 0 Å². The van der Waals surface area contributed by atoms with Crippen LogP contribution in [0.15, 0.2) is 30.3 Å². The van der Waals surface area contributed by atoms with Gasteiger partial charge in [0.15, 0.2) is 0 Å². The Morgan fingerprint density at radius 1 is 1.47 bits per heavy atom. The Morgan fingerprint density at radius 3 is 2.88 bits per heavy atom. The second-order valence-electron chi connectivity index (χ2n) is 4.45. The van der Waals surface area contributed by atoms with Gasteiger partial charge in [0.1, 0.15) is 6.61 Å². The van der Waals surface area contributed by atoms with E-state index in [9.17, 15) is 4.79 Å². The Bertz CT molecular complexity index is 367. The number of hydrogen-bond acceptors (Lipinski definition) is 3. The maximum atomic E-state index is 11.5. The highest BCUT2D eigenvalue weighted by molar-refractivity contribution is 5.67. The lowest BCUT2D eigenvalue weighted by Crippen LogP contribution is -2.36. The minimum Gasteiger partial charge on any atom is -0.445 e. The van der Waals surface area contributed by atoms with Crippen molar-refractivity contribution >= 4 is 6.09 Å². The second kappa shape index (κ2) is 5.68. The molecule has 1 atom stereocenters. The summed E-state index contributed by atoms with van der Waals surface area (Å²) >= 11 is 0. The summed E-state index contributed by atoms with van der Waals surface area (Å²) in [6.07, 6.45) is 0.672. The predicted octanol–water partition coefficient (Wildman–Crippen LogP) is 1.62. The molecule has 1 amide bonds. The number of carbonyl (C=O) groups is 1. The standard InChI is InChI=1S/C13H18N2O2/c1-15-8-7-12(9-15)14-13(16)17-10-11-5-3-2-4-6-11/h2-6,12H,7-10H2,1H3,(H,14,16)/t12-/m1/s1. The first kappa shape index (κ1) is 11.9. The van der Waals surface area contributed by atoms with Crippen molar-refractivity contribution in [1.82, 2.24) is 10.2 Å². The highest BCUT2D eigenvalue weighted by Gasteiger charge is 2.21. The van der Waals surface area contributed by atoms with Gasteiger partial charge in [0.2, 0.25) is 0 Å². The van der Waals surface area contributed by atoms with E-state index in [1.165, 1.54) is 0 Å². The van der Waals surface area contributed by atoms with Gasteiger partial charge in [0, 0.05) is 12.6 Å². The molecule has 4 nitrogen and oxygen atoms in total. The van der Waals surface area contributed by atoms with Crippen molar-refractivity contribution in [2.75, 3.05) is 20.1 Å². The van der Waals surface area contributed by atoms with Gasteiger partial charge in [0.25, 0.3) is 0 Å². The Hall–Kier alpha value is -1.55. The molecule has 1 aromatic rings. The van der Waals surface area contributed by atoms with Crippen molar-refractivity contribution in [1.29, 1.82) is 0 Å². The van der Waals surface area contributed by atoms with E-state index in [2.05, 4.69) is 17.3 Å². The molecule has 92 valence electrons. The van der Waals surface area contributed by atoms with Gasteiger partial charge in [-0.15, -0.1) is 0 Å². The first-order valence-electron chi connectivity index (χ1n) is 5.90. The maximum Gasteiger partial charge on any atom is 0.407 e. The molecule has 1 heterocycles. The number of hydrogen-bond donors (Lipinski definition) is 1. The number of carbonyl (C=O) groups excluding carboxylic acids is 1. The van der Waals surface area contributed by atoms with Crippen LogP contribution in [-0.2, 0) is 11.3 Å². The van der Waals surface area contributed by atoms with Crippen LogP contribution < -0.4 is 5.32 Å². The first-order chi connectivity index (χ1) is 8.24. The molecule has 0 saturated carbocycles. The fraction of sp³-hybridized carbons (Fsp3) is 0.462. The Labute approximate surface area is 102 Å². The molecule has 1 saturated heterocycles. The summed E-state index contributed by atoms with van der Waals surface area (Å²) in [7, 11) is 2.05. The van der Waals surface area contributed by atoms with Crippen LogP contribution in [0.4, 0.5) is 4.79 Å². The van der Waals surface area contributed by atoms with E-state index in [-0.39, 0.29) is 12.1 Å². The van der Waals surface area contributed by atoms with Crippen molar-refractivity contribution < 1.29 is 9.53 Å². The summed E-state index contributed by atoms with van der Waals surface area (Å²) < 4.78 is 5.16. The van der Waals surface area contributed by atoms with Crippen molar-refractivity contribution in [2.24, 2.45) is 0 Å². The third-order valence-corrected chi connectivity index (χ3v) is 2.93. The molecule has 4 heteroatoms. The monoisotopic (exact) mass is 234 g/mol. The highest BCUT2D eigenvalue weighted by atomic mass is 16.5. The van der Waals surface area contributed by atoms with E-state index in [0.717, 1.165) is 25.1 Å². The SMILES string of the molecule is CN1CC[C@@H](NC(=O)OCc2ccccc2)C1. The van der Waals surface area contributed by atoms with Gasteiger partial charge in [-0.2, -0.15) is 0 Å². The van der Waals surface area contributed by atoms with Crippen LogP contribution in [0.5, 0.6) is 0 Å². The number of amides is 1. The fourth-order valence-electron chi connectivity index (χ4n) is 1.98. The third kappa shape index (κ3) is 3.75. The maximum absolute atomic E-state index is 11.5. The fourth-order valence-corrected chi connectivity index (χ4v) is 1.98. The van der Waals surface area contributed by atoms with Crippen LogP contribution >= 0.6 is 0 Å². The predicted molar refractivity (Wildman–Crippen MR) is 65.7 cm³/mol. The lowest BCUT2D eigenvalue weighted by Gasteiger charge is -2.12. The average Bonchev–Trinajstić information content (AvgIpc) is 2.73. The van der Waals surface area contributed by atoms with Gasteiger partial charge in [0.05, 0.1) is 0 Å². The zero-order valence-corrected chi connectivity index (χ0v) is 10.1. The molecule has 1 aromatic carbocycles. The molecule has 0 spiro atoms. The molecule has 1 aliphatic heterocycles. The topological polar surface area (TPSA) is 41.6 Å². The molecule has 1 aliphatic rings. The van der Waals surface area contributed by atoms with E-state index < -0.39 is 0 Å². The molecule has 0 aliphatic carbocycles. The number of ether oxygens (including phenoxy) is 1. The van der Waals surface area contributed by atoms with Crippen molar-refractivity contribution in [3.8, 4) is 0 Å². The van der Waals surface area contributed by atoms with Crippen LogP contribution in [0.25, 0.3) is 0 Å². The zero-order valence-electron chi connectivity index (χ0n) is 10.1. The summed E-state index contributed by atoms with van der Waals surface area (Å²) in [5, 5.41) is 2.88. The van der Waals surface area contributed by atoms with Crippen LogP contribution in [0, 0.1) is 0 Å². The number of alkyl carbamates (subject to hydrolysis) is 1. The number of benzene rings is 1.